The predicted octanol–water partition coefficient (Wildman–Crippen LogP) is 3.31. The molecule has 0 aliphatic heterocycles. The maximum atomic E-state index is 12.0. The Labute approximate surface area is 155 Å². The lowest BCUT2D eigenvalue weighted by Gasteiger charge is -2.04. The van der Waals surface area contributed by atoms with Gasteiger partial charge in [-0.25, -0.2) is 0 Å². The summed E-state index contributed by atoms with van der Waals surface area (Å²) in [5.74, 6) is 0.193. The van der Waals surface area contributed by atoms with Crippen molar-refractivity contribution in [2.75, 3.05) is 13.1 Å². The van der Waals surface area contributed by atoms with Crippen LogP contribution in [-0.2, 0) is 0 Å². The molecule has 0 radical (unpaired) electrons. The molecular weight excluding hydrogens is 410 g/mol. The highest BCUT2D eigenvalue weighted by Crippen LogP contribution is 2.25. The van der Waals surface area contributed by atoms with Crippen molar-refractivity contribution >= 4 is 39.1 Å². The van der Waals surface area contributed by atoms with Crippen molar-refractivity contribution in [1.29, 1.82) is 0 Å². The standard InChI is InChI=1S/C16H14BrN3O4S/c17-14-5-4-11(23-14)16(22)19-7-2-6-18-15(21)10-9-12(24-20-10)13-3-1-8-25-13/h1,3-5,8-9H,2,6-7H2,(H,18,21)(H,19,22). The minimum absolute atomic E-state index is 0.230. The number of hydrogen-bond donors (Lipinski definition) is 2. The molecule has 0 unspecified atom stereocenters. The van der Waals surface area contributed by atoms with Crippen molar-refractivity contribution in [3.63, 3.8) is 0 Å². The molecule has 25 heavy (non-hydrogen) atoms. The van der Waals surface area contributed by atoms with Crippen LogP contribution >= 0.6 is 27.3 Å². The first kappa shape index (κ1) is 17.4. The highest BCUT2D eigenvalue weighted by Gasteiger charge is 2.14. The number of nitrogens with one attached hydrogen (secondary N) is 2. The summed E-state index contributed by atoms with van der Waals surface area (Å²) >= 11 is 4.65. The van der Waals surface area contributed by atoms with Gasteiger partial charge in [0.05, 0.1) is 4.88 Å². The van der Waals surface area contributed by atoms with Gasteiger partial charge in [0, 0.05) is 19.2 Å². The lowest BCUT2D eigenvalue weighted by molar-refractivity contribution is 0.0924. The van der Waals surface area contributed by atoms with Crippen molar-refractivity contribution in [2.45, 2.75) is 6.42 Å². The van der Waals surface area contributed by atoms with Crippen LogP contribution in [0, 0.1) is 0 Å². The molecule has 0 saturated carbocycles. The molecule has 0 aliphatic rings. The van der Waals surface area contributed by atoms with Crippen molar-refractivity contribution in [1.82, 2.24) is 15.8 Å². The third-order valence-corrected chi connectivity index (χ3v) is 4.54. The molecule has 3 rings (SSSR count). The van der Waals surface area contributed by atoms with Gasteiger partial charge < -0.3 is 19.6 Å². The molecule has 2 amide bonds. The zero-order valence-corrected chi connectivity index (χ0v) is 15.4. The Balaban J connectivity index is 1.39. The van der Waals surface area contributed by atoms with Gasteiger partial charge in [0.1, 0.15) is 0 Å². The molecule has 0 aromatic carbocycles. The SMILES string of the molecule is O=C(NCCCNC(=O)c1ccc(Br)o1)c1cc(-c2cccs2)on1. The fraction of sp³-hybridized carbons (Fsp3) is 0.188. The van der Waals surface area contributed by atoms with Crippen LogP contribution in [0.3, 0.4) is 0 Å². The number of furan rings is 1. The van der Waals surface area contributed by atoms with E-state index in [2.05, 4.69) is 31.7 Å². The number of thiophene rings is 1. The van der Waals surface area contributed by atoms with Crippen LogP contribution in [-0.4, -0.2) is 30.1 Å². The molecule has 0 aliphatic carbocycles. The van der Waals surface area contributed by atoms with Gasteiger partial charge in [-0.3, -0.25) is 9.59 Å². The Morgan fingerprint density at radius 3 is 2.64 bits per heavy atom. The van der Waals surface area contributed by atoms with E-state index >= 15 is 0 Å². The second-order valence-corrected chi connectivity index (χ2v) is 6.75. The van der Waals surface area contributed by atoms with Crippen molar-refractivity contribution in [2.24, 2.45) is 0 Å². The Morgan fingerprint density at radius 1 is 1.16 bits per heavy atom. The molecular formula is C16H14BrN3O4S. The predicted molar refractivity (Wildman–Crippen MR) is 95.5 cm³/mol. The smallest absolute Gasteiger partial charge is 0.287 e. The van der Waals surface area contributed by atoms with Crippen LogP contribution in [0.4, 0.5) is 0 Å². The summed E-state index contributed by atoms with van der Waals surface area (Å²) in [7, 11) is 0. The van der Waals surface area contributed by atoms with Gasteiger partial charge in [-0.15, -0.1) is 11.3 Å². The van der Waals surface area contributed by atoms with E-state index in [1.165, 1.54) is 11.3 Å². The number of rotatable bonds is 7. The van der Waals surface area contributed by atoms with Crippen LogP contribution in [0.25, 0.3) is 10.6 Å². The average Bonchev–Trinajstić information content (AvgIpc) is 3.34. The summed E-state index contributed by atoms with van der Waals surface area (Å²) in [6, 6.07) is 8.64. The van der Waals surface area contributed by atoms with Crippen LogP contribution in [0.2, 0.25) is 0 Å². The quantitative estimate of drug-likeness (QED) is 0.568. The summed E-state index contributed by atoms with van der Waals surface area (Å²) < 4.78 is 10.8. The van der Waals surface area contributed by atoms with Crippen LogP contribution in [0.5, 0.6) is 0 Å². The van der Waals surface area contributed by atoms with Gasteiger partial charge in [-0.1, -0.05) is 11.2 Å². The summed E-state index contributed by atoms with van der Waals surface area (Å²) in [6.45, 7) is 0.818. The molecule has 2 N–H and O–H groups in total. The van der Waals surface area contributed by atoms with Crippen molar-refractivity contribution in [3.05, 3.63) is 51.8 Å². The van der Waals surface area contributed by atoms with Crippen LogP contribution in [0.15, 0.2) is 49.3 Å². The van der Waals surface area contributed by atoms with E-state index in [-0.39, 0.29) is 23.3 Å². The van der Waals surface area contributed by atoms with E-state index in [0.29, 0.717) is 29.9 Å². The molecule has 0 bridgehead atoms. The molecule has 9 heteroatoms. The molecule has 0 fully saturated rings. The maximum Gasteiger partial charge on any atom is 0.287 e. The Kier molecular flexibility index (Phi) is 5.67. The number of halogens is 1. The zero-order chi connectivity index (χ0) is 17.6. The molecule has 3 aromatic heterocycles. The second kappa shape index (κ2) is 8.13. The number of carbonyl (C=O) groups excluding carboxylic acids is 2. The number of carbonyl (C=O) groups is 2. The Morgan fingerprint density at radius 2 is 1.96 bits per heavy atom. The van der Waals surface area contributed by atoms with Crippen LogP contribution in [0.1, 0.15) is 27.5 Å². The first-order valence-corrected chi connectivity index (χ1v) is 9.13. The largest absolute Gasteiger partial charge is 0.444 e. The molecule has 0 saturated heterocycles. The van der Waals surface area contributed by atoms with Crippen molar-refractivity contribution < 1.29 is 18.5 Å². The lowest BCUT2D eigenvalue weighted by atomic mass is 10.3. The fourth-order valence-corrected chi connectivity index (χ4v) is 3.00. The molecule has 0 spiro atoms. The lowest BCUT2D eigenvalue weighted by Crippen LogP contribution is -2.29. The van der Waals surface area contributed by atoms with Gasteiger partial charge >= 0.3 is 0 Å². The van der Waals surface area contributed by atoms with E-state index in [4.69, 9.17) is 8.94 Å². The minimum Gasteiger partial charge on any atom is -0.444 e. The Bertz CT molecular complexity index is 857. The summed E-state index contributed by atoms with van der Waals surface area (Å²) in [4.78, 5) is 24.7. The number of amides is 2. The van der Waals surface area contributed by atoms with E-state index < -0.39 is 0 Å². The highest BCUT2D eigenvalue weighted by molar-refractivity contribution is 9.10. The van der Waals surface area contributed by atoms with Crippen LogP contribution < -0.4 is 10.6 Å². The van der Waals surface area contributed by atoms with Gasteiger partial charge in [0.2, 0.25) is 0 Å². The summed E-state index contributed by atoms with van der Waals surface area (Å²) in [5, 5.41) is 11.1. The average molecular weight is 424 g/mol. The first-order valence-electron chi connectivity index (χ1n) is 7.46. The fourth-order valence-electron chi connectivity index (χ4n) is 2.02. The minimum atomic E-state index is -0.312. The van der Waals surface area contributed by atoms with E-state index in [9.17, 15) is 9.59 Å². The van der Waals surface area contributed by atoms with Gasteiger partial charge in [0.25, 0.3) is 11.8 Å². The maximum absolute atomic E-state index is 12.0. The van der Waals surface area contributed by atoms with E-state index in [0.717, 1.165) is 4.88 Å². The third-order valence-electron chi connectivity index (χ3n) is 3.23. The molecule has 3 heterocycles. The number of aromatic nitrogens is 1. The Hall–Kier alpha value is -2.39. The molecule has 130 valence electrons. The first-order chi connectivity index (χ1) is 12.1. The monoisotopic (exact) mass is 423 g/mol. The molecule has 0 atom stereocenters. The van der Waals surface area contributed by atoms with E-state index in [1.54, 1.807) is 18.2 Å². The second-order valence-electron chi connectivity index (χ2n) is 5.02. The normalized spacial score (nSPS) is 10.6. The van der Waals surface area contributed by atoms with Crippen molar-refractivity contribution in [3.8, 4) is 10.6 Å². The number of nitrogens with zero attached hydrogens (tertiary/aromatic N) is 1. The molecule has 3 aromatic rings. The highest BCUT2D eigenvalue weighted by atomic mass is 79.9. The summed E-state index contributed by atoms with van der Waals surface area (Å²) in [5.41, 5.74) is 0.230. The van der Waals surface area contributed by atoms with Gasteiger partial charge in [-0.2, -0.15) is 0 Å². The molecule has 7 nitrogen and oxygen atoms in total. The third kappa shape index (κ3) is 4.58. The number of hydrogen-bond acceptors (Lipinski definition) is 6. The zero-order valence-electron chi connectivity index (χ0n) is 13.0. The van der Waals surface area contributed by atoms with Gasteiger partial charge in [-0.05, 0) is 45.9 Å². The topological polar surface area (TPSA) is 97.4 Å². The van der Waals surface area contributed by atoms with E-state index in [1.807, 2.05) is 17.5 Å². The van der Waals surface area contributed by atoms with Gasteiger partial charge in [0.15, 0.2) is 21.9 Å². The summed E-state index contributed by atoms with van der Waals surface area (Å²) in [6.07, 6.45) is 0.578.